The van der Waals surface area contributed by atoms with Crippen molar-refractivity contribution in [3.05, 3.63) is 87.1 Å². The SMILES string of the molecule is CCCCCC1CCC(/C=C/C2CCC(c3ccc(C)c(F)c3F)CC2)CC1.CCCCCC1CCC(C(O)C(O)C2CCC(c3ccc(C)c(F)c3F)CC2)CC1.C[N+]1([O-])CCOCC1.F. The highest BCUT2D eigenvalue weighted by Gasteiger charge is 2.37. The predicted octanol–water partition coefficient (Wildman–Crippen LogP) is 15.3. The van der Waals surface area contributed by atoms with E-state index in [9.17, 15) is 33.0 Å². The van der Waals surface area contributed by atoms with Crippen molar-refractivity contribution in [1.29, 1.82) is 0 Å². The van der Waals surface area contributed by atoms with E-state index in [4.69, 9.17) is 4.74 Å². The second-order valence-electron chi connectivity index (χ2n) is 21.7. The van der Waals surface area contributed by atoms with Gasteiger partial charge in [0.05, 0.1) is 32.5 Å². The Labute approximate surface area is 402 Å². The topological polar surface area (TPSA) is 72.8 Å². The minimum atomic E-state index is -0.740. The van der Waals surface area contributed by atoms with Crippen molar-refractivity contribution in [3.8, 4) is 0 Å². The summed E-state index contributed by atoms with van der Waals surface area (Å²) < 4.78 is 61.3. The highest BCUT2D eigenvalue weighted by molar-refractivity contribution is 5.29. The highest BCUT2D eigenvalue weighted by atomic mass is 19.2. The van der Waals surface area contributed by atoms with Crippen LogP contribution in [-0.4, -0.2) is 60.4 Å². The standard InChI is InChI=1S/C26H40F2O2.C26H38F2.C5H11NO2.FH/c1-3-4-5-6-18-8-10-20(11-9-18)25(29)26(30)21-14-12-19(13-15-21)22-16-7-17(2)23(27)24(22)28;1-3-4-5-6-20-8-10-21(11-9-20)12-13-22-14-16-23(17-15-22)24-18-7-19(2)25(27)26(24)28;1-6(7)2-4-8-5-3-6;/h7,16,18-21,25-26,29-30H,3-6,8-15H2,1-2H3;7,12-13,18,20-23H,3-6,8-11,14-17H2,1-2H3;2-5H2,1H3;1H/b;13-12+;;. The number of likely N-dealkylation sites (N-methyl/N-ethyl adjacent to an activating group) is 1. The van der Waals surface area contributed by atoms with Crippen LogP contribution in [0.5, 0.6) is 0 Å². The zero-order chi connectivity index (χ0) is 47.6. The molecule has 0 spiro atoms. The van der Waals surface area contributed by atoms with Crippen LogP contribution in [0.3, 0.4) is 0 Å². The number of allylic oxidation sites excluding steroid dienone is 2. The maximum atomic E-state index is 14.3. The Morgan fingerprint density at radius 2 is 0.925 bits per heavy atom. The molecule has 4 saturated carbocycles. The molecule has 7 rings (SSSR count). The van der Waals surface area contributed by atoms with Gasteiger partial charge >= 0.3 is 0 Å². The molecule has 2 aromatic carbocycles. The van der Waals surface area contributed by atoms with E-state index >= 15 is 0 Å². The van der Waals surface area contributed by atoms with E-state index in [1.54, 1.807) is 45.2 Å². The zero-order valence-corrected chi connectivity index (χ0v) is 42.1. The van der Waals surface area contributed by atoms with Crippen molar-refractivity contribution in [2.45, 2.75) is 206 Å². The van der Waals surface area contributed by atoms with Crippen LogP contribution in [0.15, 0.2) is 36.4 Å². The lowest BCUT2D eigenvalue weighted by molar-refractivity contribution is -0.869. The number of hydrogen-bond acceptors (Lipinski definition) is 4. The Morgan fingerprint density at radius 1 is 0.567 bits per heavy atom. The summed E-state index contributed by atoms with van der Waals surface area (Å²) in [6.45, 7) is 10.2. The summed E-state index contributed by atoms with van der Waals surface area (Å²) in [6.07, 6.45) is 31.3. The van der Waals surface area contributed by atoms with E-state index in [2.05, 4.69) is 26.0 Å². The Balaban J connectivity index is 0.000000248. The van der Waals surface area contributed by atoms with Gasteiger partial charge in [-0.1, -0.05) is 114 Å². The molecule has 1 aliphatic heterocycles. The fourth-order valence-corrected chi connectivity index (χ4v) is 11.8. The molecule has 1 heterocycles. The number of unbranched alkanes of at least 4 members (excludes halogenated alkanes) is 4. The van der Waals surface area contributed by atoms with Gasteiger partial charge in [0.15, 0.2) is 23.3 Å². The molecule has 5 aliphatic rings. The van der Waals surface area contributed by atoms with Gasteiger partial charge < -0.3 is 24.8 Å². The fourth-order valence-electron chi connectivity index (χ4n) is 11.8. The van der Waals surface area contributed by atoms with E-state index < -0.39 is 35.5 Å². The largest absolute Gasteiger partial charge is 0.633 e. The number of rotatable bonds is 15. The quantitative estimate of drug-likeness (QED) is 0.0613. The lowest BCUT2D eigenvalue weighted by atomic mass is 9.71. The number of hydroxylamine groups is 3. The summed E-state index contributed by atoms with van der Waals surface area (Å²) in [4.78, 5) is 0. The van der Waals surface area contributed by atoms with E-state index in [-0.39, 0.29) is 33.0 Å². The third-order valence-corrected chi connectivity index (χ3v) is 16.6. The number of aliphatic hydroxyl groups excluding tert-OH is 2. The normalized spacial score (nSPS) is 28.5. The van der Waals surface area contributed by atoms with Crippen LogP contribution in [0.1, 0.15) is 202 Å². The molecule has 2 unspecified atom stereocenters. The van der Waals surface area contributed by atoms with Gasteiger partial charge in [-0.15, -0.1) is 0 Å². The molecule has 67 heavy (non-hydrogen) atoms. The molecule has 382 valence electrons. The average molecular weight is 948 g/mol. The maximum absolute atomic E-state index is 14.3. The molecule has 0 aromatic heterocycles. The minimum Gasteiger partial charge on any atom is -0.633 e. The molecule has 5 nitrogen and oxygen atoms in total. The summed E-state index contributed by atoms with van der Waals surface area (Å²) in [5.74, 6) is 0.845. The molecule has 0 amide bonds. The van der Waals surface area contributed by atoms with Crippen LogP contribution in [0.25, 0.3) is 0 Å². The molecule has 1 saturated heterocycles. The molecule has 10 heteroatoms. The first-order valence-corrected chi connectivity index (χ1v) is 26.8. The number of aliphatic hydroxyl groups is 2. The molecular formula is C57H90F5NO4. The first kappa shape index (κ1) is 57.2. The van der Waals surface area contributed by atoms with E-state index in [1.807, 2.05) is 0 Å². The van der Waals surface area contributed by atoms with Crippen molar-refractivity contribution in [3.63, 3.8) is 0 Å². The number of ether oxygens (including phenoxy) is 1. The van der Waals surface area contributed by atoms with Crippen LogP contribution in [0.2, 0.25) is 0 Å². The van der Waals surface area contributed by atoms with Gasteiger partial charge in [-0.3, -0.25) is 4.70 Å². The van der Waals surface area contributed by atoms with Crippen LogP contribution < -0.4 is 0 Å². The summed E-state index contributed by atoms with van der Waals surface area (Å²) >= 11 is 0. The predicted molar refractivity (Wildman–Crippen MR) is 265 cm³/mol. The zero-order valence-electron chi connectivity index (χ0n) is 42.1. The third-order valence-electron chi connectivity index (χ3n) is 16.6. The van der Waals surface area contributed by atoms with Gasteiger partial charge in [-0.2, -0.15) is 0 Å². The average Bonchev–Trinajstić information content (AvgIpc) is 3.33. The molecule has 0 bridgehead atoms. The lowest BCUT2D eigenvalue weighted by Gasteiger charge is -2.41. The van der Waals surface area contributed by atoms with Crippen LogP contribution in [-0.2, 0) is 4.74 Å². The monoisotopic (exact) mass is 948 g/mol. The second-order valence-corrected chi connectivity index (χ2v) is 21.7. The molecular weight excluding hydrogens is 858 g/mol. The smallest absolute Gasteiger partial charge is 0.162 e. The summed E-state index contributed by atoms with van der Waals surface area (Å²) in [6, 6.07) is 6.88. The Hall–Kier alpha value is -2.37. The van der Waals surface area contributed by atoms with Crippen LogP contribution >= 0.6 is 0 Å². The molecule has 4 aliphatic carbocycles. The van der Waals surface area contributed by atoms with E-state index in [1.165, 1.54) is 89.9 Å². The van der Waals surface area contributed by atoms with Gasteiger partial charge in [0.2, 0.25) is 0 Å². The van der Waals surface area contributed by atoms with Gasteiger partial charge in [0, 0.05) is 0 Å². The molecule has 2 aromatic rings. The Kier molecular flexibility index (Phi) is 24.8. The first-order chi connectivity index (χ1) is 31.7. The van der Waals surface area contributed by atoms with Crippen molar-refractivity contribution in [2.24, 2.45) is 35.5 Å². The highest BCUT2D eigenvalue weighted by Crippen LogP contribution is 2.43. The number of morpholine rings is 1. The van der Waals surface area contributed by atoms with Crippen LogP contribution in [0, 0.1) is 77.8 Å². The Morgan fingerprint density at radius 3 is 1.30 bits per heavy atom. The lowest BCUT2D eigenvalue weighted by Crippen LogP contribution is -2.46. The third kappa shape index (κ3) is 17.8. The number of halogens is 5. The van der Waals surface area contributed by atoms with Crippen molar-refractivity contribution >= 4 is 0 Å². The Bertz CT molecular complexity index is 1720. The van der Waals surface area contributed by atoms with Gasteiger partial charge in [0.25, 0.3) is 0 Å². The number of quaternary nitrogens is 1. The molecule has 0 radical (unpaired) electrons. The van der Waals surface area contributed by atoms with Crippen molar-refractivity contribution < 1.29 is 41.9 Å². The number of benzene rings is 2. The summed E-state index contributed by atoms with van der Waals surface area (Å²) in [7, 11) is 1.68. The summed E-state index contributed by atoms with van der Waals surface area (Å²) in [5, 5.41) is 32.7. The molecule has 2 atom stereocenters. The second kappa shape index (κ2) is 29.1. The van der Waals surface area contributed by atoms with Crippen molar-refractivity contribution in [1.82, 2.24) is 0 Å². The van der Waals surface area contributed by atoms with Crippen LogP contribution in [0.4, 0.5) is 22.3 Å². The first-order valence-electron chi connectivity index (χ1n) is 26.8. The van der Waals surface area contributed by atoms with Gasteiger partial charge in [-0.25, -0.2) is 17.6 Å². The van der Waals surface area contributed by atoms with Gasteiger partial charge in [0.1, 0.15) is 13.1 Å². The molecule has 5 fully saturated rings. The minimum absolute atomic E-state index is 0. The maximum Gasteiger partial charge on any atom is 0.162 e. The molecule has 2 N–H and O–H groups in total. The van der Waals surface area contributed by atoms with Crippen molar-refractivity contribution in [2.75, 3.05) is 33.4 Å². The number of aryl methyl sites for hydroxylation is 2. The summed E-state index contributed by atoms with van der Waals surface area (Å²) in [5.41, 5.74) is 1.79. The fraction of sp³-hybridized carbons (Fsp3) is 0.754. The number of hydrogen-bond donors (Lipinski definition) is 2. The van der Waals surface area contributed by atoms with Gasteiger partial charge in [-0.05, 0) is 173 Å². The van der Waals surface area contributed by atoms with E-state index in [0.29, 0.717) is 54.5 Å². The number of nitrogens with zero attached hydrogens (tertiary/aromatic N) is 1. The van der Waals surface area contributed by atoms with E-state index in [0.717, 1.165) is 82.0 Å².